The van der Waals surface area contributed by atoms with Crippen LogP contribution < -0.4 is 5.32 Å². The number of rotatable bonds is 4. The van der Waals surface area contributed by atoms with E-state index in [4.69, 9.17) is 21.4 Å². The van der Waals surface area contributed by atoms with Gasteiger partial charge in [-0.15, -0.1) is 0 Å². The van der Waals surface area contributed by atoms with Gasteiger partial charge in [0, 0.05) is 13.0 Å². The molecule has 7 heteroatoms. The Kier molecular flexibility index (Phi) is 3.75. The number of hydrogen-bond acceptors (Lipinski definition) is 6. The van der Waals surface area contributed by atoms with E-state index in [-0.39, 0.29) is 5.15 Å². The molecule has 2 aromatic rings. The van der Waals surface area contributed by atoms with Crippen molar-refractivity contribution < 1.29 is 4.52 Å². The molecule has 0 amide bonds. The molecule has 0 aliphatic heterocycles. The smallest absolute Gasteiger partial charge is 0.228 e. The fraction of sp³-hybridized carbons (Fsp3) is 0.273. The summed E-state index contributed by atoms with van der Waals surface area (Å²) in [5, 5.41) is 15.8. The Morgan fingerprint density at radius 1 is 1.44 bits per heavy atom. The average Bonchev–Trinajstić information content (AvgIpc) is 2.74. The molecule has 0 aliphatic carbocycles. The first-order valence-electron chi connectivity index (χ1n) is 5.28. The Morgan fingerprint density at radius 3 is 2.94 bits per heavy atom. The second-order valence-electron chi connectivity index (χ2n) is 3.59. The van der Waals surface area contributed by atoms with Crippen molar-refractivity contribution in [2.45, 2.75) is 13.3 Å². The monoisotopic (exact) mass is 263 g/mol. The minimum absolute atomic E-state index is 0.283. The normalized spacial score (nSPS) is 10.1. The zero-order valence-corrected chi connectivity index (χ0v) is 10.4. The van der Waals surface area contributed by atoms with Gasteiger partial charge < -0.3 is 9.84 Å². The standard InChI is InChI=1S/C11H10ClN5O/c1-7-15-11(18-17-7)2-3-14-10-5-8(6-13)4-9(12)16-10/h4-5H,2-3H2,1H3,(H,14,16). The number of aromatic nitrogens is 3. The van der Waals surface area contributed by atoms with Crippen molar-refractivity contribution in [3.05, 3.63) is 34.6 Å². The van der Waals surface area contributed by atoms with Crippen molar-refractivity contribution >= 4 is 17.4 Å². The lowest BCUT2D eigenvalue weighted by atomic mass is 10.3. The third-order valence-corrected chi connectivity index (χ3v) is 2.33. The van der Waals surface area contributed by atoms with Crippen LogP contribution in [0, 0.1) is 18.3 Å². The van der Waals surface area contributed by atoms with Crippen molar-refractivity contribution in [2.24, 2.45) is 0 Å². The Labute approximate surface area is 109 Å². The highest BCUT2D eigenvalue weighted by atomic mass is 35.5. The number of halogens is 1. The summed E-state index contributed by atoms with van der Waals surface area (Å²) in [6, 6.07) is 5.15. The van der Waals surface area contributed by atoms with Gasteiger partial charge in [0.15, 0.2) is 5.82 Å². The molecule has 18 heavy (non-hydrogen) atoms. The first kappa shape index (κ1) is 12.3. The molecule has 0 radical (unpaired) electrons. The van der Waals surface area contributed by atoms with Gasteiger partial charge in [0.2, 0.25) is 5.89 Å². The van der Waals surface area contributed by atoms with E-state index in [1.807, 2.05) is 6.07 Å². The van der Waals surface area contributed by atoms with Crippen LogP contribution in [0.25, 0.3) is 0 Å². The number of nitriles is 1. The molecule has 0 atom stereocenters. The molecule has 0 bridgehead atoms. The second kappa shape index (κ2) is 5.47. The quantitative estimate of drug-likeness (QED) is 0.849. The zero-order valence-electron chi connectivity index (χ0n) is 9.64. The molecule has 0 spiro atoms. The van der Waals surface area contributed by atoms with Gasteiger partial charge in [-0.2, -0.15) is 10.2 Å². The number of anilines is 1. The number of nitrogens with one attached hydrogen (secondary N) is 1. The van der Waals surface area contributed by atoms with E-state index in [1.165, 1.54) is 6.07 Å². The van der Waals surface area contributed by atoms with Gasteiger partial charge in [0.05, 0.1) is 11.6 Å². The highest BCUT2D eigenvalue weighted by Crippen LogP contribution is 2.13. The number of nitrogens with zero attached hydrogens (tertiary/aromatic N) is 4. The minimum atomic E-state index is 0.283. The highest BCUT2D eigenvalue weighted by Gasteiger charge is 2.04. The van der Waals surface area contributed by atoms with E-state index in [9.17, 15) is 0 Å². The first-order chi connectivity index (χ1) is 8.67. The van der Waals surface area contributed by atoms with Crippen molar-refractivity contribution in [2.75, 3.05) is 11.9 Å². The van der Waals surface area contributed by atoms with Crippen molar-refractivity contribution in [1.29, 1.82) is 5.26 Å². The summed E-state index contributed by atoms with van der Waals surface area (Å²) in [6.07, 6.45) is 0.580. The number of hydrogen-bond donors (Lipinski definition) is 1. The van der Waals surface area contributed by atoms with Crippen molar-refractivity contribution in [3.8, 4) is 6.07 Å². The molecule has 0 unspecified atom stereocenters. The molecule has 0 fully saturated rings. The average molecular weight is 264 g/mol. The summed E-state index contributed by atoms with van der Waals surface area (Å²) in [6.45, 7) is 2.33. The lowest BCUT2D eigenvalue weighted by Crippen LogP contribution is -2.06. The molecular weight excluding hydrogens is 254 g/mol. The SMILES string of the molecule is Cc1noc(CCNc2cc(C#N)cc(Cl)n2)n1. The van der Waals surface area contributed by atoms with Gasteiger partial charge in [0.25, 0.3) is 0 Å². The summed E-state index contributed by atoms with van der Waals surface area (Å²) >= 11 is 5.78. The number of aryl methyl sites for hydroxylation is 1. The molecule has 1 N–H and O–H groups in total. The third kappa shape index (κ3) is 3.18. The van der Waals surface area contributed by atoms with Crippen LogP contribution >= 0.6 is 11.6 Å². The molecule has 92 valence electrons. The van der Waals surface area contributed by atoms with Crippen LogP contribution in [0.1, 0.15) is 17.3 Å². The van der Waals surface area contributed by atoms with E-state index >= 15 is 0 Å². The molecule has 2 heterocycles. The Bertz CT molecular complexity index is 589. The maximum Gasteiger partial charge on any atom is 0.228 e. The van der Waals surface area contributed by atoms with E-state index in [1.54, 1.807) is 13.0 Å². The highest BCUT2D eigenvalue weighted by molar-refractivity contribution is 6.29. The summed E-state index contributed by atoms with van der Waals surface area (Å²) in [7, 11) is 0. The zero-order chi connectivity index (χ0) is 13.0. The largest absolute Gasteiger partial charge is 0.369 e. The van der Waals surface area contributed by atoms with Gasteiger partial charge >= 0.3 is 0 Å². The minimum Gasteiger partial charge on any atom is -0.369 e. The van der Waals surface area contributed by atoms with E-state index in [0.717, 1.165) is 0 Å². The lowest BCUT2D eigenvalue weighted by Gasteiger charge is -2.04. The predicted octanol–water partition coefficient (Wildman–Crippen LogP) is 1.95. The molecule has 0 aromatic carbocycles. The van der Waals surface area contributed by atoms with Gasteiger partial charge in [-0.3, -0.25) is 0 Å². The summed E-state index contributed by atoms with van der Waals surface area (Å²) < 4.78 is 4.97. The molecule has 0 aliphatic rings. The maximum absolute atomic E-state index is 8.80. The first-order valence-corrected chi connectivity index (χ1v) is 5.66. The van der Waals surface area contributed by atoms with Crippen LogP contribution in [0.3, 0.4) is 0 Å². The summed E-state index contributed by atoms with van der Waals surface area (Å²) in [5.41, 5.74) is 0.464. The van der Waals surface area contributed by atoms with Gasteiger partial charge in [-0.25, -0.2) is 4.98 Å². The maximum atomic E-state index is 8.80. The van der Waals surface area contributed by atoms with E-state index in [0.29, 0.717) is 36.1 Å². The van der Waals surface area contributed by atoms with Gasteiger partial charge in [-0.1, -0.05) is 16.8 Å². The van der Waals surface area contributed by atoms with Crippen LogP contribution in [-0.4, -0.2) is 21.7 Å². The second-order valence-corrected chi connectivity index (χ2v) is 3.97. The fourth-order valence-corrected chi connectivity index (χ4v) is 1.60. The van der Waals surface area contributed by atoms with Crippen molar-refractivity contribution in [1.82, 2.24) is 15.1 Å². The van der Waals surface area contributed by atoms with Crippen LogP contribution in [-0.2, 0) is 6.42 Å². The van der Waals surface area contributed by atoms with Gasteiger partial charge in [-0.05, 0) is 19.1 Å². The van der Waals surface area contributed by atoms with Crippen LogP contribution in [0.2, 0.25) is 5.15 Å². The van der Waals surface area contributed by atoms with Crippen LogP contribution in [0.15, 0.2) is 16.7 Å². The summed E-state index contributed by atoms with van der Waals surface area (Å²) in [4.78, 5) is 8.13. The van der Waals surface area contributed by atoms with Crippen LogP contribution in [0.4, 0.5) is 5.82 Å². The molecule has 0 saturated heterocycles. The Balaban J connectivity index is 1.94. The van der Waals surface area contributed by atoms with E-state index < -0.39 is 0 Å². The van der Waals surface area contributed by atoms with Gasteiger partial charge in [0.1, 0.15) is 11.0 Å². The molecular formula is C11H10ClN5O. The Morgan fingerprint density at radius 2 is 2.28 bits per heavy atom. The topological polar surface area (TPSA) is 87.6 Å². The molecule has 2 aromatic heterocycles. The molecule has 6 nitrogen and oxygen atoms in total. The van der Waals surface area contributed by atoms with E-state index in [2.05, 4.69) is 20.4 Å². The summed E-state index contributed by atoms with van der Waals surface area (Å²) in [5.74, 6) is 1.72. The van der Waals surface area contributed by atoms with Crippen LogP contribution in [0.5, 0.6) is 0 Å². The fourth-order valence-electron chi connectivity index (χ4n) is 1.39. The molecule has 2 rings (SSSR count). The van der Waals surface area contributed by atoms with Crippen molar-refractivity contribution in [3.63, 3.8) is 0 Å². The lowest BCUT2D eigenvalue weighted by molar-refractivity contribution is 0.377. The number of pyridine rings is 1. The predicted molar refractivity (Wildman–Crippen MR) is 65.2 cm³/mol. The third-order valence-electron chi connectivity index (χ3n) is 2.14. The molecule has 0 saturated carbocycles. The Hall–Kier alpha value is -2.13.